The van der Waals surface area contributed by atoms with E-state index in [1.807, 2.05) is 0 Å². The highest BCUT2D eigenvalue weighted by atomic mass is 14.9. The van der Waals surface area contributed by atoms with Crippen LogP contribution in [0.3, 0.4) is 0 Å². The molecule has 0 bridgehead atoms. The third-order valence-corrected chi connectivity index (χ3v) is 3.16. The molecular weight excluding hydrogens is 170 g/mol. The molecule has 0 aromatic heterocycles. The van der Waals surface area contributed by atoms with Gasteiger partial charge < -0.3 is 5.32 Å². The van der Waals surface area contributed by atoms with E-state index < -0.39 is 0 Å². The molecule has 0 aliphatic carbocycles. The van der Waals surface area contributed by atoms with Crippen LogP contribution in [-0.4, -0.2) is 13.1 Å². The maximum absolute atomic E-state index is 3.50. The highest BCUT2D eigenvalue weighted by Crippen LogP contribution is 2.29. The van der Waals surface area contributed by atoms with Gasteiger partial charge in [-0.05, 0) is 36.8 Å². The van der Waals surface area contributed by atoms with Gasteiger partial charge in [-0.1, -0.05) is 37.3 Å². The third-order valence-electron chi connectivity index (χ3n) is 3.16. The molecule has 1 nitrogen and oxygen atoms in total. The van der Waals surface area contributed by atoms with Gasteiger partial charge >= 0.3 is 0 Å². The van der Waals surface area contributed by atoms with Gasteiger partial charge in [0.05, 0.1) is 0 Å². The summed E-state index contributed by atoms with van der Waals surface area (Å²) in [6.07, 6.45) is 3.89. The highest BCUT2D eigenvalue weighted by molar-refractivity contribution is 5.16. The molecular formula is C13H19N. The largest absolute Gasteiger partial charge is 0.316 e. The van der Waals surface area contributed by atoms with Crippen molar-refractivity contribution in [1.82, 2.24) is 5.32 Å². The standard InChI is InChI=1S/C13H19N/c1-13(8-5-9-14-11-13)10-12-6-3-2-4-7-12/h2-4,6-7,14H,5,8-11H2,1H3/t13-/m0/s1. The summed E-state index contributed by atoms with van der Waals surface area (Å²) < 4.78 is 0. The molecule has 1 fully saturated rings. The van der Waals surface area contributed by atoms with E-state index in [9.17, 15) is 0 Å². The molecule has 0 amide bonds. The summed E-state index contributed by atoms with van der Waals surface area (Å²) in [4.78, 5) is 0. The fourth-order valence-electron chi connectivity index (χ4n) is 2.36. The van der Waals surface area contributed by atoms with Gasteiger partial charge in [0, 0.05) is 6.54 Å². The lowest BCUT2D eigenvalue weighted by molar-refractivity contribution is 0.235. The molecule has 1 N–H and O–H groups in total. The first-order valence-corrected chi connectivity index (χ1v) is 5.53. The average Bonchev–Trinajstić information content (AvgIpc) is 2.19. The van der Waals surface area contributed by atoms with Crippen molar-refractivity contribution >= 4 is 0 Å². The number of rotatable bonds is 2. The van der Waals surface area contributed by atoms with E-state index in [1.165, 1.54) is 37.9 Å². The molecule has 1 aliphatic heterocycles. The Labute approximate surface area is 86.5 Å². The molecule has 0 spiro atoms. The Morgan fingerprint density at radius 1 is 1.29 bits per heavy atom. The van der Waals surface area contributed by atoms with Gasteiger partial charge in [0.25, 0.3) is 0 Å². The fraction of sp³-hybridized carbons (Fsp3) is 0.538. The first-order valence-electron chi connectivity index (χ1n) is 5.53. The summed E-state index contributed by atoms with van der Waals surface area (Å²) in [5, 5.41) is 3.50. The Morgan fingerprint density at radius 2 is 2.07 bits per heavy atom. The van der Waals surface area contributed by atoms with Crippen LogP contribution in [0.5, 0.6) is 0 Å². The zero-order chi connectivity index (χ0) is 9.86. The number of nitrogens with one attached hydrogen (secondary N) is 1. The van der Waals surface area contributed by atoms with Gasteiger partial charge in [-0.15, -0.1) is 0 Å². The summed E-state index contributed by atoms with van der Waals surface area (Å²) >= 11 is 0. The van der Waals surface area contributed by atoms with Crippen LogP contribution >= 0.6 is 0 Å². The Morgan fingerprint density at radius 3 is 2.71 bits per heavy atom. The van der Waals surface area contributed by atoms with Crippen molar-refractivity contribution < 1.29 is 0 Å². The normalized spacial score (nSPS) is 27.5. The van der Waals surface area contributed by atoms with Crippen molar-refractivity contribution in [3.8, 4) is 0 Å². The van der Waals surface area contributed by atoms with Crippen molar-refractivity contribution in [2.75, 3.05) is 13.1 Å². The van der Waals surface area contributed by atoms with E-state index in [1.54, 1.807) is 0 Å². The zero-order valence-corrected chi connectivity index (χ0v) is 8.92. The average molecular weight is 189 g/mol. The van der Waals surface area contributed by atoms with Gasteiger partial charge in [-0.3, -0.25) is 0 Å². The van der Waals surface area contributed by atoms with Crippen LogP contribution in [0.2, 0.25) is 0 Å². The first-order chi connectivity index (χ1) is 6.79. The van der Waals surface area contributed by atoms with Crippen LogP contribution in [0.25, 0.3) is 0 Å². The van der Waals surface area contributed by atoms with Gasteiger partial charge in [-0.25, -0.2) is 0 Å². The highest BCUT2D eigenvalue weighted by Gasteiger charge is 2.26. The Kier molecular flexibility index (Phi) is 2.87. The molecule has 1 heterocycles. The van der Waals surface area contributed by atoms with Gasteiger partial charge in [-0.2, -0.15) is 0 Å². The Hall–Kier alpha value is -0.820. The van der Waals surface area contributed by atoms with E-state index >= 15 is 0 Å². The number of piperidine rings is 1. The van der Waals surface area contributed by atoms with Crippen molar-refractivity contribution in [1.29, 1.82) is 0 Å². The van der Waals surface area contributed by atoms with Crippen LogP contribution in [0.4, 0.5) is 0 Å². The quantitative estimate of drug-likeness (QED) is 0.754. The van der Waals surface area contributed by atoms with E-state index in [0.717, 1.165) is 0 Å². The molecule has 76 valence electrons. The molecule has 0 unspecified atom stereocenters. The van der Waals surface area contributed by atoms with E-state index in [2.05, 4.69) is 42.6 Å². The SMILES string of the molecule is C[C@@]1(Cc2ccccc2)CCCNC1. The van der Waals surface area contributed by atoms with E-state index in [-0.39, 0.29) is 0 Å². The monoisotopic (exact) mass is 189 g/mol. The maximum Gasteiger partial charge on any atom is 0.000835 e. The van der Waals surface area contributed by atoms with Gasteiger partial charge in [0.1, 0.15) is 0 Å². The predicted octanol–water partition coefficient (Wildman–Crippen LogP) is 2.62. The molecule has 14 heavy (non-hydrogen) atoms. The Bertz CT molecular complexity index is 273. The summed E-state index contributed by atoms with van der Waals surface area (Å²) in [5.74, 6) is 0. The lowest BCUT2D eigenvalue weighted by Crippen LogP contribution is -2.39. The summed E-state index contributed by atoms with van der Waals surface area (Å²) in [7, 11) is 0. The van der Waals surface area contributed by atoms with Crippen LogP contribution in [-0.2, 0) is 6.42 Å². The molecule has 1 aromatic rings. The first kappa shape index (κ1) is 9.72. The summed E-state index contributed by atoms with van der Waals surface area (Å²) in [6.45, 7) is 4.76. The molecule has 1 atom stereocenters. The number of hydrogen-bond donors (Lipinski definition) is 1. The van der Waals surface area contributed by atoms with Crippen LogP contribution in [0, 0.1) is 5.41 Å². The van der Waals surface area contributed by atoms with Crippen LogP contribution < -0.4 is 5.32 Å². The summed E-state index contributed by atoms with van der Waals surface area (Å²) in [5.41, 5.74) is 1.94. The van der Waals surface area contributed by atoms with Crippen LogP contribution in [0.1, 0.15) is 25.3 Å². The van der Waals surface area contributed by atoms with Crippen molar-refractivity contribution in [3.05, 3.63) is 35.9 Å². The lowest BCUT2D eigenvalue weighted by atomic mass is 9.78. The lowest BCUT2D eigenvalue weighted by Gasteiger charge is -2.34. The second-order valence-corrected chi connectivity index (χ2v) is 4.75. The molecule has 1 heteroatoms. The minimum Gasteiger partial charge on any atom is -0.316 e. The van der Waals surface area contributed by atoms with Gasteiger partial charge in [0.15, 0.2) is 0 Å². The summed E-state index contributed by atoms with van der Waals surface area (Å²) in [6, 6.07) is 10.8. The predicted molar refractivity (Wildman–Crippen MR) is 60.4 cm³/mol. The van der Waals surface area contributed by atoms with E-state index in [0.29, 0.717) is 5.41 Å². The number of hydrogen-bond acceptors (Lipinski definition) is 1. The molecule has 2 rings (SSSR count). The molecule has 0 radical (unpaired) electrons. The maximum atomic E-state index is 3.50. The number of benzene rings is 1. The molecule has 0 saturated carbocycles. The minimum absolute atomic E-state index is 0.472. The van der Waals surface area contributed by atoms with Gasteiger partial charge in [0.2, 0.25) is 0 Å². The molecule has 1 aliphatic rings. The Balaban J connectivity index is 2.02. The van der Waals surface area contributed by atoms with Crippen molar-refractivity contribution in [2.45, 2.75) is 26.2 Å². The topological polar surface area (TPSA) is 12.0 Å². The third kappa shape index (κ3) is 2.36. The second kappa shape index (κ2) is 4.14. The zero-order valence-electron chi connectivity index (χ0n) is 8.92. The smallest absolute Gasteiger partial charge is 0.000835 e. The molecule has 1 aromatic carbocycles. The van der Waals surface area contributed by atoms with E-state index in [4.69, 9.17) is 0 Å². The fourth-order valence-corrected chi connectivity index (χ4v) is 2.36. The second-order valence-electron chi connectivity index (χ2n) is 4.75. The minimum atomic E-state index is 0.472. The van der Waals surface area contributed by atoms with Crippen LogP contribution in [0.15, 0.2) is 30.3 Å². The molecule has 1 saturated heterocycles. The van der Waals surface area contributed by atoms with Crippen molar-refractivity contribution in [2.24, 2.45) is 5.41 Å². The van der Waals surface area contributed by atoms with Crippen molar-refractivity contribution in [3.63, 3.8) is 0 Å².